The van der Waals surface area contributed by atoms with Gasteiger partial charge in [0.1, 0.15) is 21.8 Å². The molecule has 0 amide bonds. The zero-order valence-electron chi connectivity index (χ0n) is 10.8. The van der Waals surface area contributed by atoms with E-state index in [1.165, 1.54) is 6.33 Å². The Morgan fingerprint density at radius 3 is 2.81 bits per heavy atom. The Bertz CT molecular complexity index is 847. The predicted molar refractivity (Wildman–Crippen MR) is 88.3 cm³/mol. The highest BCUT2D eigenvalue weighted by Gasteiger charge is 2.19. The van der Waals surface area contributed by atoms with E-state index in [0.29, 0.717) is 27.4 Å². The molecule has 5 nitrogen and oxygen atoms in total. The van der Waals surface area contributed by atoms with Gasteiger partial charge in [0, 0.05) is 0 Å². The lowest BCUT2D eigenvalue weighted by Crippen LogP contribution is -1.95. The highest BCUT2D eigenvalue weighted by Crippen LogP contribution is 2.36. The third kappa shape index (κ3) is 2.58. The Balaban J connectivity index is 2.15. The standard InChI is InChI=1S/C14H9IN2O3S/c1-7-10-12(20-9-5-3-2-4-8(9)15)16-6-17-13(10)21-11(7)14(18)19/h2-6H,1H3,(H,18,19). The van der Waals surface area contributed by atoms with Gasteiger partial charge < -0.3 is 9.84 Å². The van der Waals surface area contributed by atoms with Crippen LogP contribution in [0.3, 0.4) is 0 Å². The molecule has 0 radical (unpaired) electrons. The summed E-state index contributed by atoms with van der Waals surface area (Å²) in [6, 6.07) is 7.56. The molecule has 1 N–H and O–H groups in total. The van der Waals surface area contributed by atoms with Crippen LogP contribution in [0.15, 0.2) is 30.6 Å². The van der Waals surface area contributed by atoms with Gasteiger partial charge in [-0.15, -0.1) is 11.3 Å². The second-order valence-corrected chi connectivity index (χ2v) is 6.41. The second-order valence-electron chi connectivity index (χ2n) is 4.25. The lowest BCUT2D eigenvalue weighted by atomic mass is 10.2. The van der Waals surface area contributed by atoms with Crippen LogP contribution in [0.2, 0.25) is 0 Å². The van der Waals surface area contributed by atoms with Crippen molar-refractivity contribution in [1.29, 1.82) is 0 Å². The summed E-state index contributed by atoms with van der Waals surface area (Å²) in [6.07, 6.45) is 1.38. The first-order chi connectivity index (χ1) is 10.1. The number of aromatic carboxylic acids is 1. The van der Waals surface area contributed by atoms with Crippen molar-refractivity contribution in [3.8, 4) is 11.6 Å². The third-order valence-corrected chi connectivity index (χ3v) is 5.01. The summed E-state index contributed by atoms with van der Waals surface area (Å²) in [5.74, 6) is 0.0988. The van der Waals surface area contributed by atoms with Crippen LogP contribution >= 0.6 is 33.9 Å². The maximum atomic E-state index is 11.2. The summed E-state index contributed by atoms with van der Waals surface area (Å²) in [5, 5.41) is 9.86. The minimum absolute atomic E-state index is 0.262. The van der Waals surface area contributed by atoms with Crippen LogP contribution in [0.4, 0.5) is 0 Å². The molecule has 2 heterocycles. The van der Waals surface area contributed by atoms with Gasteiger partial charge in [0.05, 0.1) is 8.96 Å². The minimum Gasteiger partial charge on any atom is -0.477 e. The molecule has 0 unspecified atom stereocenters. The predicted octanol–water partition coefficient (Wildman–Crippen LogP) is 4.09. The normalized spacial score (nSPS) is 10.8. The number of fused-ring (bicyclic) bond motifs is 1. The molecule has 3 rings (SSSR count). The molecule has 106 valence electrons. The molecule has 7 heteroatoms. The monoisotopic (exact) mass is 412 g/mol. The van der Waals surface area contributed by atoms with Gasteiger partial charge in [-0.1, -0.05) is 12.1 Å². The Kier molecular flexibility index (Phi) is 3.77. The number of carboxylic acid groups (broad SMARTS) is 1. The highest BCUT2D eigenvalue weighted by molar-refractivity contribution is 14.1. The summed E-state index contributed by atoms with van der Waals surface area (Å²) in [5.41, 5.74) is 0.629. The lowest BCUT2D eigenvalue weighted by Gasteiger charge is -2.07. The van der Waals surface area contributed by atoms with Crippen LogP contribution < -0.4 is 4.74 Å². The SMILES string of the molecule is Cc1c(C(=O)O)sc2ncnc(Oc3ccccc3I)c12. The van der Waals surface area contributed by atoms with Gasteiger partial charge >= 0.3 is 5.97 Å². The molecule has 1 aromatic carbocycles. The number of nitrogens with zero attached hydrogens (tertiary/aromatic N) is 2. The number of para-hydroxylation sites is 1. The average Bonchev–Trinajstić information content (AvgIpc) is 2.80. The molecule has 2 aromatic heterocycles. The number of thiophene rings is 1. The van der Waals surface area contributed by atoms with Crippen LogP contribution in [0.5, 0.6) is 11.6 Å². The molecule has 0 aliphatic rings. The van der Waals surface area contributed by atoms with Crippen LogP contribution in [-0.4, -0.2) is 21.0 Å². The maximum Gasteiger partial charge on any atom is 0.346 e. The number of rotatable bonds is 3. The minimum atomic E-state index is -0.962. The van der Waals surface area contributed by atoms with Crippen LogP contribution in [0.25, 0.3) is 10.2 Å². The van der Waals surface area contributed by atoms with Crippen molar-refractivity contribution < 1.29 is 14.6 Å². The number of carboxylic acids is 1. The Morgan fingerprint density at radius 1 is 1.33 bits per heavy atom. The van der Waals surface area contributed by atoms with E-state index in [2.05, 4.69) is 32.6 Å². The van der Waals surface area contributed by atoms with Crippen molar-refractivity contribution in [3.05, 3.63) is 44.6 Å². The summed E-state index contributed by atoms with van der Waals surface area (Å²) in [4.78, 5) is 20.4. The van der Waals surface area contributed by atoms with E-state index in [4.69, 9.17) is 4.74 Å². The first kappa shape index (κ1) is 14.2. The molecule has 0 saturated carbocycles. The van der Waals surface area contributed by atoms with Crippen LogP contribution in [0, 0.1) is 10.5 Å². The average molecular weight is 412 g/mol. The number of halogens is 1. The van der Waals surface area contributed by atoms with Crippen molar-refractivity contribution in [3.63, 3.8) is 0 Å². The molecule has 3 aromatic rings. The van der Waals surface area contributed by atoms with Gasteiger partial charge in [-0.3, -0.25) is 0 Å². The topological polar surface area (TPSA) is 72.3 Å². The molecule has 0 fully saturated rings. The summed E-state index contributed by atoms with van der Waals surface area (Å²) >= 11 is 3.30. The summed E-state index contributed by atoms with van der Waals surface area (Å²) in [7, 11) is 0. The van der Waals surface area contributed by atoms with Gasteiger partial charge in [0.2, 0.25) is 5.88 Å². The molecule has 0 aliphatic heterocycles. The highest BCUT2D eigenvalue weighted by atomic mass is 127. The number of carbonyl (C=O) groups is 1. The van der Waals surface area contributed by atoms with Crippen molar-refractivity contribution in [2.45, 2.75) is 6.92 Å². The number of hydrogen-bond acceptors (Lipinski definition) is 5. The lowest BCUT2D eigenvalue weighted by molar-refractivity contribution is 0.0701. The molecule has 21 heavy (non-hydrogen) atoms. The van der Waals surface area contributed by atoms with E-state index in [-0.39, 0.29) is 4.88 Å². The van der Waals surface area contributed by atoms with Gasteiger partial charge in [-0.25, -0.2) is 14.8 Å². The van der Waals surface area contributed by atoms with Gasteiger partial charge in [0.25, 0.3) is 0 Å². The number of hydrogen-bond donors (Lipinski definition) is 1. The smallest absolute Gasteiger partial charge is 0.346 e. The van der Waals surface area contributed by atoms with Gasteiger partial charge in [-0.05, 0) is 47.2 Å². The quantitative estimate of drug-likeness (QED) is 0.656. The summed E-state index contributed by atoms with van der Waals surface area (Å²) < 4.78 is 6.80. The fourth-order valence-corrected chi connectivity index (χ4v) is 3.43. The zero-order valence-corrected chi connectivity index (χ0v) is 13.8. The van der Waals surface area contributed by atoms with Gasteiger partial charge in [-0.2, -0.15) is 0 Å². The zero-order chi connectivity index (χ0) is 15.0. The molecular weight excluding hydrogens is 403 g/mol. The molecule has 0 atom stereocenters. The molecular formula is C14H9IN2O3S. The van der Waals surface area contributed by atoms with Crippen molar-refractivity contribution in [2.24, 2.45) is 0 Å². The van der Waals surface area contributed by atoms with Crippen LogP contribution in [-0.2, 0) is 0 Å². The van der Waals surface area contributed by atoms with Crippen molar-refractivity contribution >= 4 is 50.1 Å². The van der Waals surface area contributed by atoms with Gasteiger partial charge in [0.15, 0.2) is 0 Å². The molecule has 0 bridgehead atoms. The maximum absolute atomic E-state index is 11.2. The fourth-order valence-electron chi connectivity index (χ4n) is 1.95. The van der Waals surface area contributed by atoms with E-state index < -0.39 is 5.97 Å². The first-order valence-corrected chi connectivity index (χ1v) is 7.87. The van der Waals surface area contributed by atoms with E-state index in [1.807, 2.05) is 24.3 Å². The summed E-state index contributed by atoms with van der Waals surface area (Å²) in [6.45, 7) is 1.74. The largest absolute Gasteiger partial charge is 0.477 e. The molecule has 0 spiro atoms. The van der Waals surface area contributed by atoms with Crippen LogP contribution in [0.1, 0.15) is 15.2 Å². The fraction of sp³-hybridized carbons (Fsp3) is 0.0714. The van der Waals surface area contributed by atoms with E-state index >= 15 is 0 Å². The van der Waals surface area contributed by atoms with E-state index in [9.17, 15) is 9.90 Å². The Hall–Kier alpha value is -1.74. The number of aryl methyl sites for hydroxylation is 1. The first-order valence-electron chi connectivity index (χ1n) is 5.97. The number of aromatic nitrogens is 2. The Morgan fingerprint density at radius 2 is 2.10 bits per heavy atom. The van der Waals surface area contributed by atoms with Crippen molar-refractivity contribution in [2.75, 3.05) is 0 Å². The molecule has 0 aliphatic carbocycles. The molecule has 0 saturated heterocycles. The third-order valence-electron chi connectivity index (χ3n) is 2.93. The van der Waals surface area contributed by atoms with E-state index in [0.717, 1.165) is 14.9 Å². The number of benzene rings is 1. The van der Waals surface area contributed by atoms with Crippen molar-refractivity contribution in [1.82, 2.24) is 9.97 Å². The van der Waals surface area contributed by atoms with E-state index in [1.54, 1.807) is 6.92 Å². The Labute approximate surface area is 137 Å². The second kappa shape index (κ2) is 5.57. The number of ether oxygens (including phenoxy) is 1.